The van der Waals surface area contributed by atoms with Crippen molar-refractivity contribution >= 4 is 29.5 Å². The Bertz CT molecular complexity index is 895. The maximum Gasteiger partial charge on any atom is 0.311 e. The Morgan fingerprint density at radius 3 is 2.42 bits per heavy atom. The zero-order valence-electron chi connectivity index (χ0n) is 23.4. The normalized spacial score (nSPS) is 32.4. The lowest BCUT2D eigenvalue weighted by atomic mass is 9.66. The van der Waals surface area contributed by atoms with Crippen LogP contribution in [-0.2, 0) is 19.1 Å². The summed E-state index contributed by atoms with van der Waals surface area (Å²) < 4.78 is 4.28. The molecule has 2 bridgehead atoms. The van der Waals surface area contributed by atoms with Gasteiger partial charge in [-0.2, -0.15) is 0 Å². The molecule has 3 aliphatic heterocycles. The average Bonchev–Trinajstić information content (AvgIpc) is 3.32. The van der Waals surface area contributed by atoms with Crippen LogP contribution < -0.4 is 0 Å². The largest absolute Gasteiger partial charge is 0.466 e. The molecule has 0 aromatic heterocycles. The molecule has 7 nitrogen and oxygen atoms in total. The highest BCUT2D eigenvalue weighted by atomic mass is 32.2. The molecule has 2 unspecified atom stereocenters. The summed E-state index contributed by atoms with van der Waals surface area (Å²) in [5.41, 5.74) is -0.505. The molecule has 36 heavy (non-hydrogen) atoms. The molecule has 3 fully saturated rings. The van der Waals surface area contributed by atoms with Crippen LogP contribution >= 0.6 is 11.8 Å². The van der Waals surface area contributed by atoms with E-state index in [-0.39, 0.29) is 36.4 Å². The first-order valence-electron chi connectivity index (χ1n) is 13.4. The van der Waals surface area contributed by atoms with Crippen molar-refractivity contribution in [1.29, 1.82) is 0 Å². The molecule has 3 saturated heterocycles. The average molecular weight is 523 g/mol. The highest BCUT2D eigenvalue weighted by molar-refractivity contribution is 8.02. The molecule has 3 rings (SSSR count). The van der Waals surface area contributed by atoms with Crippen molar-refractivity contribution in [2.45, 2.75) is 108 Å². The third-order valence-corrected chi connectivity index (χ3v) is 10.3. The number of fused-ring (bicyclic) bond motifs is 1. The van der Waals surface area contributed by atoms with Crippen LogP contribution in [0.15, 0.2) is 12.7 Å². The number of nitrogens with zero attached hydrogens (tertiary/aromatic N) is 2. The van der Waals surface area contributed by atoms with E-state index in [2.05, 4.69) is 41.2 Å². The fraction of sp³-hybridized carbons (Fsp3) is 0.821. The molecule has 0 aromatic carbocycles. The quantitative estimate of drug-likeness (QED) is 0.344. The van der Waals surface area contributed by atoms with Gasteiger partial charge in [-0.1, -0.05) is 33.8 Å². The molecule has 204 valence electrons. The van der Waals surface area contributed by atoms with E-state index in [0.29, 0.717) is 19.4 Å². The predicted octanol–water partition coefficient (Wildman–Crippen LogP) is 4.03. The second-order valence-electron chi connectivity index (χ2n) is 12.8. The molecule has 2 amide bonds. The Morgan fingerprint density at radius 1 is 1.28 bits per heavy atom. The predicted molar refractivity (Wildman–Crippen MR) is 143 cm³/mol. The molecule has 0 saturated carbocycles. The highest BCUT2D eigenvalue weighted by Gasteiger charge is 2.78. The van der Waals surface area contributed by atoms with Gasteiger partial charge < -0.3 is 19.6 Å². The minimum absolute atomic E-state index is 0.0185. The number of ether oxygens (including phenoxy) is 1. The molecule has 8 heteroatoms. The van der Waals surface area contributed by atoms with Crippen LogP contribution in [-0.4, -0.2) is 79.6 Å². The molecule has 1 spiro atoms. The number of rotatable bonds is 10. The molecule has 0 aromatic rings. The summed E-state index contributed by atoms with van der Waals surface area (Å²) in [6.45, 7) is 20.6. The van der Waals surface area contributed by atoms with Crippen molar-refractivity contribution in [3.05, 3.63) is 12.7 Å². The van der Waals surface area contributed by atoms with Crippen LogP contribution in [0.4, 0.5) is 0 Å². The van der Waals surface area contributed by atoms with Gasteiger partial charge in [0.2, 0.25) is 11.8 Å². The SMILES string of the molecule is C=CCN(C(=O)C1N([C@@H](CC)CO)C(=O)[C@@H]2[C@H](C(=O)OCC)[C@]3(C)CCC12S3)C(C)(C)CC(C)(C)C. The van der Waals surface area contributed by atoms with Crippen LogP contribution in [0.5, 0.6) is 0 Å². The highest BCUT2D eigenvalue weighted by Crippen LogP contribution is 2.72. The van der Waals surface area contributed by atoms with Crippen molar-refractivity contribution in [3.63, 3.8) is 0 Å². The maximum absolute atomic E-state index is 14.7. The van der Waals surface area contributed by atoms with E-state index >= 15 is 0 Å². The second kappa shape index (κ2) is 9.97. The Labute approximate surface area is 221 Å². The molecule has 0 aliphatic carbocycles. The van der Waals surface area contributed by atoms with Gasteiger partial charge in [-0.05, 0) is 58.8 Å². The summed E-state index contributed by atoms with van der Waals surface area (Å²) in [5.74, 6) is -1.90. The zero-order chi connectivity index (χ0) is 27.3. The number of aliphatic hydroxyl groups excluding tert-OH is 1. The summed E-state index contributed by atoms with van der Waals surface area (Å²) in [5, 5.41) is 10.3. The monoisotopic (exact) mass is 522 g/mol. The summed E-state index contributed by atoms with van der Waals surface area (Å²) >= 11 is 1.64. The first-order chi connectivity index (χ1) is 16.6. The van der Waals surface area contributed by atoms with Crippen molar-refractivity contribution in [1.82, 2.24) is 9.80 Å². The number of esters is 1. The van der Waals surface area contributed by atoms with Gasteiger partial charge in [0.25, 0.3) is 0 Å². The molecule has 3 aliphatic rings. The smallest absolute Gasteiger partial charge is 0.311 e. The number of carbonyl (C=O) groups is 3. The lowest BCUT2D eigenvalue weighted by Crippen LogP contribution is -2.61. The van der Waals surface area contributed by atoms with Crippen molar-refractivity contribution in [3.8, 4) is 0 Å². The van der Waals surface area contributed by atoms with Gasteiger partial charge in [0.05, 0.1) is 35.8 Å². The molecule has 1 N–H and O–H groups in total. The van der Waals surface area contributed by atoms with Crippen molar-refractivity contribution < 1.29 is 24.2 Å². The number of hydrogen-bond acceptors (Lipinski definition) is 6. The van der Waals surface area contributed by atoms with Crippen LogP contribution in [0.2, 0.25) is 0 Å². The van der Waals surface area contributed by atoms with E-state index < -0.39 is 39.0 Å². The molecular weight excluding hydrogens is 476 g/mol. The number of likely N-dealkylation sites (tertiary alicyclic amines) is 1. The van der Waals surface area contributed by atoms with E-state index in [1.165, 1.54) is 0 Å². The second-order valence-corrected chi connectivity index (χ2v) is 14.7. The lowest BCUT2D eigenvalue weighted by molar-refractivity contribution is -0.155. The summed E-state index contributed by atoms with van der Waals surface area (Å²) in [4.78, 5) is 45.5. The van der Waals surface area contributed by atoms with Gasteiger partial charge in [-0.15, -0.1) is 18.3 Å². The number of thioether (sulfide) groups is 1. The van der Waals surface area contributed by atoms with Crippen molar-refractivity contribution in [2.24, 2.45) is 17.3 Å². The minimum atomic E-state index is -0.752. The van der Waals surface area contributed by atoms with E-state index in [4.69, 9.17) is 4.74 Å². The van der Waals surface area contributed by atoms with Crippen LogP contribution in [0.25, 0.3) is 0 Å². The Hall–Kier alpha value is -1.54. The first-order valence-corrected chi connectivity index (χ1v) is 14.2. The topological polar surface area (TPSA) is 87.2 Å². The molecule has 3 heterocycles. The zero-order valence-corrected chi connectivity index (χ0v) is 24.2. The number of amides is 2. The van der Waals surface area contributed by atoms with Crippen LogP contribution in [0.3, 0.4) is 0 Å². The van der Waals surface area contributed by atoms with E-state index in [9.17, 15) is 19.5 Å². The Balaban J connectivity index is 2.15. The summed E-state index contributed by atoms with van der Waals surface area (Å²) in [6.07, 6.45) is 4.45. The van der Waals surface area contributed by atoms with Crippen LogP contribution in [0, 0.1) is 17.3 Å². The lowest BCUT2D eigenvalue weighted by Gasteiger charge is -2.46. The van der Waals surface area contributed by atoms with Gasteiger partial charge in [0, 0.05) is 16.8 Å². The minimum Gasteiger partial charge on any atom is -0.466 e. The third kappa shape index (κ3) is 4.61. The summed E-state index contributed by atoms with van der Waals surface area (Å²) in [6, 6.07) is -1.24. The summed E-state index contributed by atoms with van der Waals surface area (Å²) in [7, 11) is 0. The molecule has 0 radical (unpaired) electrons. The number of aliphatic hydroxyl groups is 1. The fourth-order valence-electron chi connectivity index (χ4n) is 7.35. The van der Waals surface area contributed by atoms with Crippen molar-refractivity contribution in [2.75, 3.05) is 19.8 Å². The maximum atomic E-state index is 14.7. The van der Waals surface area contributed by atoms with E-state index in [1.807, 2.05) is 18.7 Å². The van der Waals surface area contributed by atoms with Gasteiger partial charge >= 0.3 is 5.97 Å². The number of carbonyl (C=O) groups excluding carboxylic acids is 3. The third-order valence-electron chi connectivity index (χ3n) is 8.34. The number of hydrogen-bond donors (Lipinski definition) is 1. The van der Waals surface area contributed by atoms with Gasteiger partial charge in [-0.25, -0.2) is 0 Å². The molecular formula is C28H46N2O5S. The van der Waals surface area contributed by atoms with Crippen LogP contribution in [0.1, 0.15) is 81.1 Å². The van der Waals surface area contributed by atoms with Gasteiger partial charge in [0.1, 0.15) is 6.04 Å². The molecule has 6 atom stereocenters. The van der Waals surface area contributed by atoms with E-state index in [0.717, 1.165) is 12.8 Å². The Kier molecular flexibility index (Phi) is 8.04. The van der Waals surface area contributed by atoms with Gasteiger partial charge in [-0.3, -0.25) is 14.4 Å². The first kappa shape index (κ1) is 29.0. The Morgan fingerprint density at radius 2 is 1.92 bits per heavy atom. The fourth-order valence-corrected chi connectivity index (χ4v) is 9.67. The van der Waals surface area contributed by atoms with E-state index in [1.54, 1.807) is 29.7 Å². The standard InChI is InChI=1S/C28H46N2O5S/c1-10-15-29(26(7,8)17-25(4,5)6)23(33)21-28-14-13-27(9,36-28)20(24(34)35-12-3)19(28)22(32)30(21)18(11-2)16-31/h10,18-21,31H,1,11-17H2,2-9H3/t18-,19-,20+,21?,27-,28?/m0/s1. The van der Waals surface area contributed by atoms with Gasteiger partial charge in [0.15, 0.2) is 0 Å².